The van der Waals surface area contributed by atoms with Crippen LogP contribution in [0.5, 0.6) is 0 Å². The van der Waals surface area contributed by atoms with Gasteiger partial charge in [0, 0.05) is 13.0 Å². The fraction of sp³-hybridized carbons (Fsp3) is 0.300. The van der Waals surface area contributed by atoms with Crippen molar-refractivity contribution in [2.45, 2.75) is 20.5 Å². The molecule has 0 unspecified atom stereocenters. The molecule has 0 aliphatic rings. The van der Waals surface area contributed by atoms with Gasteiger partial charge in [0.2, 0.25) is 5.91 Å². The van der Waals surface area contributed by atoms with Gasteiger partial charge in [0.25, 0.3) is 5.69 Å². The standard InChI is InChI=1S/C10H12N2O4/c1-7-4-3-5-10(12(14)15)9(7)6-16-11-8(2)13/h3-5H,6H2,1-2H3,(H,11,13). The van der Waals surface area contributed by atoms with E-state index < -0.39 is 4.92 Å². The molecule has 6 nitrogen and oxygen atoms in total. The Morgan fingerprint density at radius 1 is 1.56 bits per heavy atom. The number of carbonyl (C=O) groups excluding carboxylic acids is 1. The molecule has 1 aromatic carbocycles. The molecular weight excluding hydrogens is 212 g/mol. The third kappa shape index (κ3) is 3.03. The van der Waals surface area contributed by atoms with Crippen LogP contribution in [0.15, 0.2) is 18.2 Å². The first-order valence-electron chi connectivity index (χ1n) is 4.63. The molecular formula is C10H12N2O4. The van der Waals surface area contributed by atoms with Crippen LogP contribution in [-0.2, 0) is 16.2 Å². The number of nitro benzene ring substituents is 1. The molecule has 0 saturated carbocycles. The van der Waals surface area contributed by atoms with E-state index in [1.54, 1.807) is 19.1 Å². The highest BCUT2D eigenvalue weighted by Crippen LogP contribution is 2.22. The maximum Gasteiger partial charge on any atom is 0.275 e. The number of hydrogen-bond acceptors (Lipinski definition) is 4. The summed E-state index contributed by atoms with van der Waals surface area (Å²) in [4.78, 5) is 25.7. The van der Waals surface area contributed by atoms with Gasteiger partial charge in [0.05, 0.1) is 10.5 Å². The largest absolute Gasteiger partial charge is 0.275 e. The van der Waals surface area contributed by atoms with Crippen LogP contribution in [-0.4, -0.2) is 10.8 Å². The number of nitrogens with one attached hydrogen (secondary N) is 1. The molecule has 0 heterocycles. The number of amides is 1. The van der Waals surface area contributed by atoms with Gasteiger partial charge in [0.15, 0.2) is 0 Å². The van der Waals surface area contributed by atoms with Gasteiger partial charge in [-0.1, -0.05) is 12.1 Å². The molecule has 1 rings (SSSR count). The molecule has 0 saturated heterocycles. The number of benzene rings is 1. The van der Waals surface area contributed by atoms with E-state index in [0.717, 1.165) is 5.56 Å². The molecule has 1 amide bonds. The molecule has 0 aliphatic carbocycles. The van der Waals surface area contributed by atoms with Gasteiger partial charge in [-0.05, 0) is 12.5 Å². The Morgan fingerprint density at radius 3 is 2.81 bits per heavy atom. The average Bonchev–Trinajstić information content (AvgIpc) is 2.19. The van der Waals surface area contributed by atoms with E-state index >= 15 is 0 Å². The van der Waals surface area contributed by atoms with E-state index in [2.05, 4.69) is 5.48 Å². The van der Waals surface area contributed by atoms with Crippen molar-refractivity contribution in [3.63, 3.8) is 0 Å². The second kappa shape index (κ2) is 5.22. The predicted octanol–water partition coefficient (Wildman–Crippen LogP) is 1.47. The van der Waals surface area contributed by atoms with Crippen LogP contribution < -0.4 is 5.48 Å². The molecule has 6 heteroatoms. The van der Waals surface area contributed by atoms with Crippen molar-refractivity contribution >= 4 is 11.6 Å². The molecule has 0 radical (unpaired) electrons. The number of hydrogen-bond donors (Lipinski definition) is 1. The summed E-state index contributed by atoms with van der Waals surface area (Å²) >= 11 is 0. The van der Waals surface area contributed by atoms with Crippen LogP contribution in [0.25, 0.3) is 0 Å². The Balaban J connectivity index is 2.84. The highest BCUT2D eigenvalue weighted by atomic mass is 16.7. The third-order valence-corrected chi connectivity index (χ3v) is 2.01. The molecule has 1 N–H and O–H groups in total. The zero-order valence-corrected chi connectivity index (χ0v) is 9.02. The van der Waals surface area contributed by atoms with Gasteiger partial charge >= 0.3 is 0 Å². The summed E-state index contributed by atoms with van der Waals surface area (Å²) in [7, 11) is 0. The minimum Gasteiger partial charge on any atom is -0.273 e. The van der Waals surface area contributed by atoms with Crippen LogP contribution in [0.1, 0.15) is 18.1 Å². The van der Waals surface area contributed by atoms with E-state index in [1.165, 1.54) is 13.0 Å². The highest BCUT2D eigenvalue weighted by Gasteiger charge is 2.15. The summed E-state index contributed by atoms with van der Waals surface area (Å²) in [6.45, 7) is 3.02. The van der Waals surface area contributed by atoms with E-state index in [1.807, 2.05) is 0 Å². The van der Waals surface area contributed by atoms with Crippen LogP contribution >= 0.6 is 0 Å². The quantitative estimate of drug-likeness (QED) is 0.620. The Morgan fingerprint density at radius 2 is 2.25 bits per heavy atom. The van der Waals surface area contributed by atoms with Gasteiger partial charge in [-0.15, -0.1) is 0 Å². The fourth-order valence-electron chi connectivity index (χ4n) is 1.26. The lowest BCUT2D eigenvalue weighted by Crippen LogP contribution is -2.20. The molecule has 0 spiro atoms. The van der Waals surface area contributed by atoms with Gasteiger partial charge in [0.1, 0.15) is 6.61 Å². The topological polar surface area (TPSA) is 81.5 Å². The van der Waals surface area contributed by atoms with Crippen molar-refractivity contribution < 1.29 is 14.6 Å². The fourth-order valence-corrected chi connectivity index (χ4v) is 1.26. The average molecular weight is 224 g/mol. The smallest absolute Gasteiger partial charge is 0.273 e. The lowest BCUT2D eigenvalue weighted by Gasteiger charge is -2.07. The normalized spacial score (nSPS) is 9.88. The maximum absolute atomic E-state index is 10.7. The molecule has 0 aliphatic heterocycles. The van der Waals surface area contributed by atoms with Crippen LogP contribution in [0, 0.1) is 17.0 Å². The van der Waals surface area contributed by atoms with E-state index in [9.17, 15) is 14.9 Å². The van der Waals surface area contributed by atoms with Crippen molar-refractivity contribution in [3.05, 3.63) is 39.4 Å². The van der Waals surface area contributed by atoms with Crippen molar-refractivity contribution in [2.24, 2.45) is 0 Å². The van der Waals surface area contributed by atoms with Gasteiger partial charge in [-0.2, -0.15) is 0 Å². The predicted molar refractivity (Wildman–Crippen MR) is 56.4 cm³/mol. The first-order valence-corrected chi connectivity index (χ1v) is 4.63. The van der Waals surface area contributed by atoms with Crippen molar-refractivity contribution in [1.29, 1.82) is 0 Å². The summed E-state index contributed by atoms with van der Waals surface area (Å²) in [5.41, 5.74) is 3.33. The first-order chi connectivity index (χ1) is 7.52. The summed E-state index contributed by atoms with van der Waals surface area (Å²) in [5, 5.41) is 10.7. The third-order valence-electron chi connectivity index (χ3n) is 2.01. The number of rotatable bonds is 4. The monoisotopic (exact) mass is 224 g/mol. The molecule has 0 fully saturated rings. The molecule has 1 aromatic rings. The minimum atomic E-state index is -0.473. The van der Waals surface area contributed by atoms with Crippen LogP contribution in [0.2, 0.25) is 0 Å². The SMILES string of the molecule is CC(=O)NOCc1c(C)cccc1[N+](=O)[O-]. The number of aryl methyl sites for hydroxylation is 1. The molecule has 86 valence electrons. The molecule has 0 aromatic heterocycles. The zero-order chi connectivity index (χ0) is 12.1. The Bertz CT molecular complexity index is 417. The van der Waals surface area contributed by atoms with Crippen molar-refractivity contribution in [1.82, 2.24) is 5.48 Å². The zero-order valence-electron chi connectivity index (χ0n) is 9.02. The molecule has 0 atom stereocenters. The van der Waals surface area contributed by atoms with E-state index in [4.69, 9.17) is 4.84 Å². The first kappa shape index (κ1) is 12.1. The maximum atomic E-state index is 10.7. The van der Waals surface area contributed by atoms with Crippen LogP contribution in [0.3, 0.4) is 0 Å². The number of hydroxylamine groups is 1. The Hall–Kier alpha value is -1.95. The van der Waals surface area contributed by atoms with Gasteiger partial charge < -0.3 is 0 Å². The summed E-state index contributed by atoms with van der Waals surface area (Å²) in [6.07, 6.45) is 0. The van der Waals surface area contributed by atoms with E-state index in [0.29, 0.717) is 5.56 Å². The number of nitrogens with zero attached hydrogens (tertiary/aromatic N) is 1. The Labute approximate surface area is 92.3 Å². The molecule has 0 bridgehead atoms. The van der Waals surface area contributed by atoms with Crippen molar-refractivity contribution in [2.75, 3.05) is 0 Å². The van der Waals surface area contributed by atoms with E-state index in [-0.39, 0.29) is 18.2 Å². The minimum absolute atomic E-state index is 0.00893. The second-order valence-electron chi connectivity index (χ2n) is 3.28. The number of nitro groups is 1. The van der Waals surface area contributed by atoms with Gasteiger partial charge in [-0.3, -0.25) is 19.7 Å². The summed E-state index contributed by atoms with van der Waals surface area (Å²) < 4.78 is 0. The van der Waals surface area contributed by atoms with Crippen LogP contribution in [0.4, 0.5) is 5.69 Å². The lowest BCUT2D eigenvalue weighted by atomic mass is 10.1. The Kier molecular flexibility index (Phi) is 3.96. The summed E-state index contributed by atoms with van der Waals surface area (Å²) in [5.74, 6) is -0.351. The lowest BCUT2D eigenvalue weighted by molar-refractivity contribution is -0.386. The molecule has 16 heavy (non-hydrogen) atoms. The van der Waals surface area contributed by atoms with Gasteiger partial charge in [-0.25, -0.2) is 5.48 Å². The summed E-state index contributed by atoms with van der Waals surface area (Å²) in [6, 6.07) is 4.76. The number of carbonyl (C=O) groups is 1. The second-order valence-corrected chi connectivity index (χ2v) is 3.28. The van der Waals surface area contributed by atoms with Crippen molar-refractivity contribution in [3.8, 4) is 0 Å². The highest BCUT2D eigenvalue weighted by molar-refractivity contribution is 5.71.